The Kier molecular flexibility index (Phi) is 9.18. The number of nitro benzene ring substituents is 1. The second kappa shape index (κ2) is 12.8. The van der Waals surface area contributed by atoms with Crippen LogP contribution < -0.4 is 15.0 Å². The predicted molar refractivity (Wildman–Crippen MR) is 161 cm³/mol. The van der Waals surface area contributed by atoms with Gasteiger partial charge in [0.25, 0.3) is 11.2 Å². The van der Waals surface area contributed by atoms with E-state index in [-0.39, 0.29) is 17.2 Å². The molecule has 10 nitrogen and oxygen atoms in total. The zero-order valence-electron chi connectivity index (χ0n) is 23.0. The van der Waals surface area contributed by atoms with Crippen LogP contribution in [0.1, 0.15) is 37.7 Å². The molecule has 1 heterocycles. The van der Waals surface area contributed by atoms with Crippen LogP contribution in [0, 0.1) is 10.1 Å². The van der Waals surface area contributed by atoms with E-state index < -0.39 is 11.0 Å². The van der Waals surface area contributed by atoms with E-state index in [1.165, 1.54) is 37.0 Å². The second-order valence-electron chi connectivity index (χ2n) is 9.18. The lowest BCUT2D eigenvalue weighted by molar-refractivity contribution is -0.384. The van der Waals surface area contributed by atoms with Gasteiger partial charge >= 0.3 is 0 Å². The highest BCUT2D eigenvalue weighted by Crippen LogP contribution is 2.37. The average Bonchev–Trinajstić information content (AvgIpc) is 2.98. The van der Waals surface area contributed by atoms with Crippen LogP contribution >= 0.6 is 15.9 Å². The van der Waals surface area contributed by atoms with Gasteiger partial charge in [-0.05, 0) is 65.2 Å². The van der Waals surface area contributed by atoms with Crippen molar-refractivity contribution in [3.8, 4) is 17.2 Å². The van der Waals surface area contributed by atoms with Gasteiger partial charge in [-0.3, -0.25) is 24.3 Å². The Bertz CT molecular complexity index is 1680. The number of benzene rings is 3. The van der Waals surface area contributed by atoms with Crippen molar-refractivity contribution in [3.05, 3.63) is 103 Å². The summed E-state index contributed by atoms with van der Waals surface area (Å²) in [6.45, 7) is 4.18. The largest absolute Gasteiger partial charge is 0.497 e. The van der Waals surface area contributed by atoms with Gasteiger partial charge in [-0.15, -0.1) is 0 Å². The number of hydrogen-bond acceptors (Lipinski definition) is 7. The molecule has 1 unspecified atom stereocenters. The topological polar surface area (TPSA) is 117 Å². The summed E-state index contributed by atoms with van der Waals surface area (Å²) in [4.78, 5) is 44.5. The van der Waals surface area contributed by atoms with Crippen LogP contribution in [0.4, 0.5) is 5.69 Å². The van der Waals surface area contributed by atoms with E-state index in [9.17, 15) is 19.7 Å². The van der Waals surface area contributed by atoms with E-state index in [0.717, 1.165) is 0 Å². The first-order valence-electron chi connectivity index (χ1n) is 12.9. The van der Waals surface area contributed by atoms with Crippen molar-refractivity contribution < 1.29 is 19.2 Å². The second-order valence-corrected chi connectivity index (χ2v) is 9.97. The van der Waals surface area contributed by atoms with Crippen molar-refractivity contribution in [2.45, 2.75) is 26.3 Å². The third-order valence-corrected chi connectivity index (χ3v) is 7.40. The summed E-state index contributed by atoms with van der Waals surface area (Å²) in [5, 5.41) is 11.4. The van der Waals surface area contributed by atoms with Crippen molar-refractivity contribution in [2.24, 2.45) is 0 Å². The fraction of sp³-hybridized carbons (Fsp3) is 0.233. The average molecular weight is 621 g/mol. The number of nitrogens with zero attached hydrogens (tertiary/aromatic N) is 4. The molecule has 4 rings (SSSR count). The minimum Gasteiger partial charge on any atom is -0.497 e. The number of aromatic nitrogens is 2. The number of hydrogen-bond donors (Lipinski definition) is 0. The number of nitro groups is 1. The molecule has 41 heavy (non-hydrogen) atoms. The zero-order chi connectivity index (χ0) is 29.7. The van der Waals surface area contributed by atoms with Gasteiger partial charge in [0.1, 0.15) is 17.3 Å². The third-order valence-electron chi connectivity index (χ3n) is 6.60. The SMILES string of the molecule is CCCN(C(=O)/C=C/c1ccc([N+](=O)[O-])cc1)C(C)c1nc2ccccc2c(=O)n1-c1cc(OC)cc(OC)c1Br. The van der Waals surface area contributed by atoms with E-state index in [0.29, 0.717) is 56.9 Å². The Morgan fingerprint density at radius 1 is 1.15 bits per heavy atom. The molecular formula is C30H29BrN4O6. The number of ether oxygens (including phenoxy) is 2. The first kappa shape index (κ1) is 29.5. The lowest BCUT2D eigenvalue weighted by Crippen LogP contribution is -2.37. The Labute approximate surface area is 245 Å². The number of halogens is 1. The van der Waals surface area contributed by atoms with Crippen molar-refractivity contribution in [2.75, 3.05) is 20.8 Å². The number of amides is 1. The van der Waals surface area contributed by atoms with Crippen LogP contribution in [0.3, 0.4) is 0 Å². The maximum absolute atomic E-state index is 14.0. The molecule has 212 valence electrons. The molecule has 0 bridgehead atoms. The molecule has 1 amide bonds. The molecule has 0 fully saturated rings. The molecule has 0 spiro atoms. The van der Waals surface area contributed by atoms with Crippen LogP contribution in [-0.2, 0) is 4.79 Å². The van der Waals surface area contributed by atoms with Gasteiger partial charge < -0.3 is 14.4 Å². The number of methoxy groups -OCH3 is 2. The van der Waals surface area contributed by atoms with Crippen LogP contribution in [0.5, 0.6) is 11.5 Å². The van der Waals surface area contributed by atoms with Crippen molar-refractivity contribution >= 4 is 44.5 Å². The van der Waals surface area contributed by atoms with Crippen LogP contribution in [0.2, 0.25) is 0 Å². The number of carbonyl (C=O) groups is 1. The number of non-ortho nitro benzene ring substituents is 1. The third kappa shape index (κ3) is 6.14. The highest BCUT2D eigenvalue weighted by atomic mass is 79.9. The smallest absolute Gasteiger partial charge is 0.269 e. The van der Waals surface area contributed by atoms with Crippen LogP contribution in [0.15, 0.2) is 76.0 Å². The summed E-state index contributed by atoms with van der Waals surface area (Å²) in [5.41, 5.74) is 1.26. The molecule has 0 saturated heterocycles. The molecule has 0 aliphatic carbocycles. The first-order valence-corrected chi connectivity index (χ1v) is 13.7. The summed E-state index contributed by atoms with van der Waals surface area (Å²) >= 11 is 3.58. The van der Waals surface area contributed by atoms with E-state index in [2.05, 4.69) is 15.9 Å². The molecular weight excluding hydrogens is 592 g/mol. The highest BCUT2D eigenvalue weighted by molar-refractivity contribution is 9.10. The summed E-state index contributed by atoms with van der Waals surface area (Å²) in [5.74, 6) is 1.00. The van der Waals surface area contributed by atoms with Gasteiger partial charge in [-0.1, -0.05) is 19.1 Å². The molecule has 0 radical (unpaired) electrons. The minimum atomic E-state index is -0.620. The Morgan fingerprint density at radius 3 is 2.49 bits per heavy atom. The lowest BCUT2D eigenvalue weighted by atomic mass is 10.1. The van der Waals surface area contributed by atoms with E-state index in [1.807, 2.05) is 13.8 Å². The van der Waals surface area contributed by atoms with E-state index in [1.54, 1.807) is 59.5 Å². The van der Waals surface area contributed by atoms with Gasteiger partial charge in [0.05, 0.1) is 46.2 Å². The molecule has 1 atom stereocenters. The number of para-hydroxylation sites is 1. The lowest BCUT2D eigenvalue weighted by Gasteiger charge is -2.30. The zero-order valence-corrected chi connectivity index (χ0v) is 24.6. The maximum Gasteiger partial charge on any atom is 0.269 e. The van der Waals surface area contributed by atoms with E-state index in [4.69, 9.17) is 14.5 Å². The summed E-state index contributed by atoms with van der Waals surface area (Å²) < 4.78 is 13.0. The van der Waals surface area contributed by atoms with Gasteiger partial charge in [0.2, 0.25) is 5.91 Å². The fourth-order valence-electron chi connectivity index (χ4n) is 4.50. The van der Waals surface area contributed by atoms with Crippen molar-refractivity contribution in [1.82, 2.24) is 14.5 Å². The summed E-state index contributed by atoms with van der Waals surface area (Å²) in [7, 11) is 3.05. The number of carbonyl (C=O) groups excluding carboxylic acids is 1. The minimum absolute atomic E-state index is 0.0320. The number of rotatable bonds is 10. The normalized spacial score (nSPS) is 11.9. The van der Waals surface area contributed by atoms with Crippen LogP contribution in [-0.4, -0.2) is 46.0 Å². The van der Waals surface area contributed by atoms with Crippen molar-refractivity contribution in [3.63, 3.8) is 0 Å². The molecule has 0 N–H and O–H groups in total. The molecule has 4 aromatic rings. The van der Waals surface area contributed by atoms with Gasteiger partial charge in [0, 0.05) is 36.9 Å². The molecule has 0 saturated carbocycles. The molecule has 11 heteroatoms. The fourth-order valence-corrected chi connectivity index (χ4v) is 5.06. The summed E-state index contributed by atoms with van der Waals surface area (Å²) in [6.07, 6.45) is 3.68. The monoisotopic (exact) mass is 620 g/mol. The highest BCUT2D eigenvalue weighted by Gasteiger charge is 2.27. The first-order chi connectivity index (χ1) is 19.7. The Morgan fingerprint density at radius 2 is 1.85 bits per heavy atom. The quantitative estimate of drug-likeness (QED) is 0.120. The van der Waals surface area contributed by atoms with Crippen molar-refractivity contribution in [1.29, 1.82) is 0 Å². The maximum atomic E-state index is 14.0. The molecule has 0 aliphatic heterocycles. The number of fused-ring (bicyclic) bond motifs is 1. The molecule has 3 aromatic carbocycles. The standard InChI is InChI=1S/C30H29BrN4O6/c1-5-16-33(27(36)15-12-20-10-13-21(14-11-20)35(38)39)19(2)29-32-24-9-7-6-8-23(24)30(37)34(29)25-17-22(40-3)18-26(41-4)28(25)31/h6-15,17-19H,5,16H2,1-4H3/b15-12+. The predicted octanol–water partition coefficient (Wildman–Crippen LogP) is 6.09. The van der Waals surface area contributed by atoms with Gasteiger partial charge in [0.15, 0.2) is 0 Å². The van der Waals surface area contributed by atoms with Gasteiger partial charge in [-0.25, -0.2) is 4.98 Å². The Balaban J connectivity index is 1.85. The Hall–Kier alpha value is -4.51. The summed E-state index contributed by atoms with van der Waals surface area (Å²) in [6, 6.07) is 15.8. The molecule has 1 aromatic heterocycles. The molecule has 0 aliphatic rings. The van der Waals surface area contributed by atoms with Gasteiger partial charge in [-0.2, -0.15) is 0 Å². The van der Waals surface area contributed by atoms with E-state index >= 15 is 0 Å². The van der Waals surface area contributed by atoms with Crippen LogP contribution in [0.25, 0.3) is 22.7 Å².